The molecule has 0 amide bonds. The van der Waals surface area contributed by atoms with E-state index in [1.54, 1.807) is 0 Å². The first-order valence-electron chi connectivity index (χ1n) is 8.65. The molecule has 0 aromatic rings. The van der Waals surface area contributed by atoms with Crippen molar-refractivity contribution in [1.82, 2.24) is 31.9 Å². The average Bonchev–Trinajstić information content (AvgIpc) is 2.52. The van der Waals surface area contributed by atoms with Gasteiger partial charge in [0, 0.05) is 26.2 Å². The Morgan fingerprint density at radius 3 is 1.25 bits per heavy atom. The Labute approximate surface area is 159 Å². The first kappa shape index (κ1) is 25.5. The third kappa shape index (κ3) is 19.3. The van der Waals surface area contributed by atoms with Crippen LogP contribution in [0.2, 0.25) is 0 Å². The van der Waals surface area contributed by atoms with Crippen LogP contribution in [-0.4, -0.2) is 62.6 Å². The standard InChI is InChI=1S/C15H34N6S2.CH4/c1-3-18-14(22)20-12-6-10-16-8-5-9-17-11-7-13-21-15(23)19-4-2;/h16-17H,3-13H2,1-2H3,(H2,18,20,22)(H2,19,21,23);1H4. The highest BCUT2D eigenvalue weighted by atomic mass is 32.1. The molecular formula is C16H38N6S2. The molecule has 0 fully saturated rings. The molecule has 0 bridgehead atoms. The molecule has 0 aromatic carbocycles. The molecule has 0 saturated heterocycles. The average molecular weight is 379 g/mol. The van der Waals surface area contributed by atoms with Gasteiger partial charge in [-0.25, -0.2) is 0 Å². The zero-order chi connectivity index (χ0) is 17.2. The first-order valence-corrected chi connectivity index (χ1v) is 9.47. The van der Waals surface area contributed by atoms with Crippen LogP contribution in [0.5, 0.6) is 0 Å². The topological polar surface area (TPSA) is 72.2 Å². The molecule has 0 rings (SSSR count). The smallest absolute Gasteiger partial charge is 0.166 e. The van der Waals surface area contributed by atoms with E-state index in [2.05, 4.69) is 31.9 Å². The van der Waals surface area contributed by atoms with E-state index in [1.807, 2.05) is 13.8 Å². The van der Waals surface area contributed by atoms with Crippen LogP contribution >= 0.6 is 24.4 Å². The van der Waals surface area contributed by atoms with Crippen molar-refractivity contribution in [1.29, 1.82) is 0 Å². The second-order valence-corrected chi connectivity index (χ2v) is 5.95. The highest BCUT2D eigenvalue weighted by Gasteiger charge is 1.94. The largest absolute Gasteiger partial charge is 0.363 e. The van der Waals surface area contributed by atoms with E-state index in [-0.39, 0.29) is 7.43 Å². The second-order valence-electron chi connectivity index (χ2n) is 5.13. The summed E-state index contributed by atoms with van der Waals surface area (Å²) in [6, 6.07) is 0. The van der Waals surface area contributed by atoms with Gasteiger partial charge in [0.2, 0.25) is 0 Å². The molecule has 0 unspecified atom stereocenters. The lowest BCUT2D eigenvalue weighted by molar-refractivity contribution is 0.571. The van der Waals surface area contributed by atoms with Crippen molar-refractivity contribution < 1.29 is 0 Å². The summed E-state index contributed by atoms with van der Waals surface area (Å²) in [6.07, 6.45) is 3.30. The third-order valence-electron chi connectivity index (χ3n) is 3.01. The number of nitrogens with one attached hydrogen (secondary N) is 6. The van der Waals surface area contributed by atoms with Crippen LogP contribution < -0.4 is 31.9 Å². The Balaban J connectivity index is 0. The van der Waals surface area contributed by atoms with E-state index in [0.29, 0.717) is 0 Å². The summed E-state index contributed by atoms with van der Waals surface area (Å²) in [5.41, 5.74) is 0. The Hall–Kier alpha value is -0.700. The monoisotopic (exact) mass is 378 g/mol. The Kier molecular flexibility index (Phi) is 21.6. The fraction of sp³-hybridized carbons (Fsp3) is 0.875. The van der Waals surface area contributed by atoms with Gasteiger partial charge in [0.15, 0.2) is 10.2 Å². The van der Waals surface area contributed by atoms with Gasteiger partial charge in [-0.15, -0.1) is 0 Å². The molecular weight excluding hydrogens is 340 g/mol. The minimum atomic E-state index is 0. The molecule has 0 saturated carbocycles. The predicted molar refractivity (Wildman–Crippen MR) is 115 cm³/mol. The van der Waals surface area contributed by atoms with E-state index >= 15 is 0 Å². The van der Waals surface area contributed by atoms with Crippen molar-refractivity contribution in [2.75, 3.05) is 52.4 Å². The molecule has 8 heteroatoms. The molecule has 6 nitrogen and oxygen atoms in total. The van der Waals surface area contributed by atoms with Crippen LogP contribution in [0.3, 0.4) is 0 Å². The molecule has 6 N–H and O–H groups in total. The summed E-state index contributed by atoms with van der Waals surface area (Å²) in [7, 11) is 0. The van der Waals surface area contributed by atoms with E-state index in [9.17, 15) is 0 Å². The van der Waals surface area contributed by atoms with E-state index in [0.717, 1.165) is 81.8 Å². The normalized spacial score (nSPS) is 9.75. The highest BCUT2D eigenvalue weighted by Crippen LogP contribution is 1.79. The van der Waals surface area contributed by atoms with Gasteiger partial charge in [-0.05, 0) is 83.7 Å². The van der Waals surface area contributed by atoms with E-state index in [4.69, 9.17) is 24.4 Å². The van der Waals surface area contributed by atoms with E-state index < -0.39 is 0 Å². The number of hydrogen-bond acceptors (Lipinski definition) is 4. The first-order chi connectivity index (χ1) is 11.2. The minimum absolute atomic E-state index is 0. The zero-order valence-corrected chi connectivity index (χ0v) is 16.2. The van der Waals surface area contributed by atoms with Gasteiger partial charge in [0.05, 0.1) is 0 Å². The zero-order valence-electron chi connectivity index (χ0n) is 14.6. The lowest BCUT2D eigenvalue weighted by Gasteiger charge is -2.10. The van der Waals surface area contributed by atoms with Gasteiger partial charge in [-0.1, -0.05) is 7.43 Å². The summed E-state index contributed by atoms with van der Waals surface area (Å²) < 4.78 is 0. The summed E-state index contributed by atoms with van der Waals surface area (Å²) in [6.45, 7) is 11.8. The molecule has 0 heterocycles. The quantitative estimate of drug-likeness (QED) is 0.197. The van der Waals surface area contributed by atoms with Crippen molar-refractivity contribution in [3.8, 4) is 0 Å². The fourth-order valence-corrected chi connectivity index (χ4v) is 2.36. The van der Waals surface area contributed by atoms with Crippen LogP contribution in [0.1, 0.15) is 40.5 Å². The van der Waals surface area contributed by atoms with Crippen molar-refractivity contribution >= 4 is 34.7 Å². The summed E-state index contributed by atoms with van der Waals surface area (Å²) in [5.74, 6) is 0. The van der Waals surface area contributed by atoms with Crippen LogP contribution in [0.15, 0.2) is 0 Å². The maximum Gasteiger partial charge on any atom is 0.166 e. The number of thiocarbonyl (C=S) groups is 2. The highest BCUT2D eigenvalue weighted by molar-refractivity contribution is 7.80. The number of rotatable bonds is 14. The van der Waals surface area contributed by atoms with Gasteiger partial charge in [-0.2, -0.15) is 0 Å². The predicted octanol–water partition coefficient (Wildman–Crippen LogP) is 0.940. The molecule has 0 radical (unpaired) electrons. The summed E-state index contributed by atoms with van der Waals surface area (Å²) >= 11 is 10.2. The maximum atomic E-state index is 5.09. The summed E-state index contributed by atoms with van der Waals surface area (Å²) in [5, 5.41) is 20.9. The Morgan fingerprint density at radius 2 is 0.917 bits per heavy atom. The molecule has 0 aliphatic rings. The molecule has 0 spiro atoms. The van der Waals surface area contributed by atoms with Crippen LogP contribution in [0.25, 0.3) is 0 Å². The second kappa shape index (κ2) is 20.3. The van der Waals surface area contributed by atoms with Crippen molar-refractivity contribution in [3.05, 3.63) is 0 Å². The molecule has 0 aromatic heterocycles. The third-order valence-corrected chi connectivity index (χ3v) is 3.59. The molecule has 0 aliphatic carbocycles. The Bertz CT molecular complexity index is 274. The molecule has 0 aliphatic heterocycles. The van der Waals surface area contributed by atoms with Crippen LogP contribution in [0, 0.1) is 0 Å². The lowest BCUT2D eigenvalue weighted by atomic mass is 10.3. The van der Waals surface area contributed by atoms with Gasteiger partial charge >= 0.3 is 0 Å². The van der Waals surface area contributed by atoms with Crippen LogP contribution in [-0.2, 0) is 0 Å². The minimum Gasteiger partial charge on any atom is -0.363 e. The van der Waals surface area contributed by atoms with Gasteiger partial charge in [0.1, 0.15) is 0 Å². The van der Waals surface area contributed by atoms with Gasteiger partial charge in [0.25, 0.3) is 0 Å². The Morgan fingerprint density at radius 1 is 0.583 bits per heavy atom. The van der Waals surface area contributed by atoms with Crippen molar-refractivity contribution in [2.45, 2.75) is 40.5 Å². The SMILES string of the molecule is C.CCNC(=S)NCCCNCCCNCCCNC(=S)NCC. The number of hydrogen-bond donors (Lipinski definition) is 6. The van der Waals surface area contributed by atoms with Crippen molar-refractivity contribution in [2.24, 2.45) is 0 Å². The van der Waals surface area contributed by atoms with E-state index in [1.165, 1.54) is 0 Å². The van der Waals surface area contributed by atoms with Gasteiger partial charge < -0.3 is 31.9 Å². The maximum absolute atomic E-state index is 5.09. The molecule has 0 atom stereocenters. The fourth-order valence-electron chi connectivity index (χ4n) is 1.87. The van der Waals surface area contributed by atoms with Gasteiger partial charge in [-0.3, -0.25) is 0 Å². The van der Waals surface area contributed by atoms with Crippen molar-refractivity contribution in [3.63, 3.8) is 0 Å². The molecule has 24 heavy (non-hydrogen) atoms. The van der Waals surface area contributed by atoms with Crippen LogP contribution in [0.4, 0.5) is 0 Å². The summed E-state index contributed by atoms with van der Waals surface area (Å²) in [4.78, 5) is 0. The lowest BCUT2D eigenvalue weighted by Crippen LogP contribution is -2.36. The molecule has 144 valence electrons.